The van der Waals surface area contributed by atoms with Crippen LogP contribution in [-0.2, 0) is 0 Å². The lowest BCUT2D eigenvalue weighted by molar-refractivity contribution is -0.153. The van der Waals surface area contributed by atoms with Crippen molar-refractivity contribution < 1.29 is 28.5 Å². The highest BCUT2D eigenvalue weighted by molar-refractivity contribution is 5.85. The molecule has 4 nitrogen and oxygen atoms in total. The number of hydrogen-bond donors (Lipinski definition) is 4. The van der Waals surface area contributed by atoms with Crippen LogP contribution >= 0.6 is 12.4 Å². The standard InChI is InChI=1S/C10H12F3NO3.ClH/c11-10(12,13)9(14)4-7(16)5-1-2-6(15)8(17)3-5;/h1-3,7,9,15-17H,4,14H2;1H/t7-,9-;/m1./s1. The van der Waals surface area contributed by atoms with Crippen LogP contribution in [0.1, 0.15) is 18.1 Å². The number of rotatable bonds is 3. The Hall–Kier alpha value is -1.18. The maximum absolute atomic E-state index is 12.1. The number of alkyl halides is 3. The van der Waals surface area contributed by atoms with E-state index in [-0.39, 0.29) is 18.0 Å². The number of aliphatic hydroxyl groups is 1. The average molecular weight is 288 g/mol. The smallest absolute Gasteiger partial charge is 0.403 e. The predicted octanol–water partition coefficient (Wildman–Crippen LogP) is 1.83. The van der Waals surface area contributed by atoms with Gasteiger partial charge in [-0.05, 0) is 17.7 Å². The highest BCUT2D eigenvalue weighted by Crippen LogP contribution is 2.31. The number of nitrogens with two attached hydrogens (primary N) is 1. The topological polar surface area (TPSA) is 86.7 Å². The van der Waals surface area contributed by atoms with Gasteiger partial charge in [-0.1, -0.05) is 6.07 Å². The summed E-state index contributed by atoms with van der Waals surface area (Å²) in [6.45, 7) is 0. The minimum Gasteiger partial charge on any atom is -0.504 e. The molecule has 1 rings (SSSR count). The molecule has 0 fully saturated rings. The summed E-state index contributed by atoms with van der Waals surface area (Å²) in [6.07, 6.45) is -6.76. The molecule has 0 aliphatic heterocycles. The monoisotopic (exact) mass is 287 g/mol. The van der Waals surface area contributed by atoms with Crippen molar-refractivity contribution in [3.8, 4) is 11.5 Å². The molecule has 0 heterocycles. The fourth-order valence-corrected chi connectivity index (χ4v) is 1.26. The molecule has 104 valence electrons. The summed E-state index contributed by atoms with van der Waals surface area (Å²) in [5, 5.41) is 27.6. The highest BCUT2D eigenvalue weighted by atomic mass is 35.5. The van der Waals surface area contributed by atoms with Gasteiger partial charge in [0.25, 0.3) is 0 Å². The largest absolute Gasteiger partial charge is 0.504 e. The summed E-state index contributed by atoms with van der Waals surface area (Å²) in [4.78, 5) is 0. The molecule has 2 atom stereocenters. The van der Waals surface area contributed by atoms with Crippen LogP contribution in [-0.4, -0.2) is 27.5 Å². The first-order valence-corrected chi connectivity index (χ1v) is 4.74. The zero-order valence-electron chi connectivity index (χ0n) is 9.05. The van der Waals surface area contributed by atoms with Crippen LogP contribution in [0.3, 0.4) is 0 Å². The fraction of sp³-hybridized carbons (Fsp3) is 0.400. The van der Waals surface area contributed by atoms with Gasteiger partial charge in [0.2, 0.25) is 0 Å². The first-order valence-electron chi connectivity index (χ1n) is 4.74. The molecule has 1 aromatic carbocycles. The molecule has 0 aromatic heterocycles. The summed E-state index contributed by atoms with van der Waals surface area (Å²) in [7, 11) is 0. The second kappa shape index (κ2) is 6.12. The summed E-state index contributed by atoms with van der Waals surface area (Å²) in [5.41, 5.74) is 4.92. The molecule has 0 amide bonds. The quantitative estimate of drug-likeness (QED) is 0.639. The van der Waals surface area contributed by atoms with Gasteiger partial charge >= 0.3 is 6.18 Å². The van der Waals surface area contributed by atoms with Crippen molar-refractivity contribution in [2.24, 2.45) is 5.73 Å². The van der Waals surface area contributed by atoms with Crippen LogP contribution in [0.2, 0.25) is 0 Å². The van der Waals surface area contributed by atoms with Crippen LogP contribution in [0.5, 0.6) is 11.5 Å². The molecule has 8 heteroatoms. The molecule has 0 saturated heterocycles. The Labute approximate surface area is 107 Å². The second-order valence-corrected chi connectivity index (χ2v) is 3.65. The van der Waals surface area contributed by atoms with Crippen molar-refractivity contribution in [1.82, 2.24) is 0 Å². The Morgan fingerprint density at radius 2 is 1.72 bits per heavy atom. The molecule has 18 heavy (non-hydrogen) atoms. The van der Waals surface area contributed by atoms with E-state index >= 15 is 0 Å². The van der Waals surface area contributed by atoms with Crippen LogP contribution in [0.25, 0.3) is 0 Å². The van der Waals surface area contributed by atoms with E-state index in [2.05, 4.69) is 0 Å². The Morgan fingerprint density at radius 3 is 2.17 bits per heavy atom. The van der Waals surface area contributed by atoms with Crippen LogP contribution in [0, 0.1) is 0 Å². The lowest BCUT2D eigenvalue weighted by atomic mass is 10.0. The number of phenols is 2. The lowest BCUT2D eigenvalue weighted by Gasteiger charge is -2.19. The zero-order chi connectivity index (χ0) is 13.2. The van der Waals surface area contributed by atoms with E-state index in [1.807, 2.05) is 0 Å². The first kappa shape index (κ1) is 16.8. The summed E-state index contributed by atoms with van der Waals surface area (Å²) in [6, 6.07) is 1.13. The van der Waals surface area contributed by atoms with Crippen molar-refractivity contribution >= 4 is 12.4 Å². The first-order chi connectivity index (χ1) is 7.71. The zero-order valence-corrected chi connectivity index (χ0v) is 9.87. The molecule has 0 unspecified atom stereocenters. The van der Waals surface area contributed by atoms with Crippen molar-refractivity contribution in [3.63, 3.8) is 0 Å². The Bertz CT molecular complexity index is 400. The van der Waals surface area contributed by atoms with E-state index in [0.29, 0.717) is 0 Å². The molecule has 0 aliphatic rings. The van der Waals surface area contributed by atoms with Crippen molar-refractivity contribution in [1.29, 1.82) is 0 Å². The van der Waals surface area contributed by atoms with E-state index in [1.165, 1.54) is 6.07 Å². The lowest BCUT2D eigenvalue weighted by Crippen LogP contribution is -2.38. The molecule has 0 spiro atoms. The molecule has 0 saturated carbocycles. The number of phenolic OH excluding ortho intramolecular Hbond substituents is 2. The van der Waals surface area contributed by atoms with Gasteiger partial charge in [-0.15, -0.1) is 12.4 Å². The number of benzene rings is 1. The summed E-state index contributed by atoms with van der Waals surface area (Å²) in [5.74, 6) is -0.928. The van der Waals surface area contributed by atoms with Crippen molar-refractivity contribution in [2.75, 3.05) is 0 Å². The predicted molar refractivity (Wildman–Crippen MR) is 60.6 cm³/mol. The molecular weight excluding hydrogens is 275 g/mol. The molecular formula is C10H13ClF3NO3. The third-order valence-electron chi connectivity index (χ3n) is 2.28. The number of hydrogen-bond acceptors (Lipinski definition) is 4. The van der Waals surface area contributed by atoms with Crippen LogP contribution in [0.15, 0.2) is 18.2 Å². The van der Waals surface area contributed by atoms with E-state index in [9.17, 15) is 18.3 Å². The summed E-state index contributed by atoms with van der Waals surface area (Å²) < 4.78 is 36.4. The van der Waals surface area contributed by atoms with Gasteiger partial charge in [-0.2, -0.15) is 13.2 Å². The normalized spacial score (nSPS) is 14.7. The molecule has 0 radical (unpaired) electrons. The van der Waals surface area contributed by atoms with E-state index in [0.717, 1.165) is 12.1 Å². The van der Waals surface area contributed by atoms with E-state index < -0.39 is 36.2 Å². The van der Waals surface area contributed by atoms with E-state index in [1.54, 1.807) is 0 Å². The van der Waals surface area contributed by atoms with Gasteiger partial charge in [0.05, 0.1) is 6.10 Å². The molecule has 0 aliphatic carbocycles. The number of aromatic hydroxyl groups is 2. The molecule has 0 bridgehead atoms. The number of aliphatic hydroxyl groups excluding tert-OH is 1. The van der Waals surface area contributed by atoms with Crippen LogP contribution < -0.4 is 5.73 Å². The van der Waals surface area contributed by atoms with Crippen molar-refractivity contribution in [2.45, 2.75) is 24.7 Å². The SMILES string of the molecule is Cl.N[C@H](C[C@@H](O)c1ccc(O)c(O)c1)C(F)(F)F. The maximum Gasteiger partial charge on any atom is 0.403 e. The third kappa shape index (κ3) is 4.25. The maximum atomic E-state index is 12.1. The van der Waals surface area contributed by atoms with Crippen LogP contribution in [0.4, 0.5) is 13.2 Å². The van der Waals surface area contributed by atoms with Gasteiger partial charge in [0.15, 0.2) is 11.5 Å². The minimum absolute atomic E-state index is 0. The Morgan fingerprint density at radius 1 is 1.17 bits per heavy atom. The van der Waals surface area contributed by atoms with Crippen molar-refractivity contribution in [3.05, 3.63) is 23.8 Å². The second-order valence-electron chi connectivity index (χ2n) is 3.65. The molecule has 5 N–H and O–H groups in total. The number of halogens is 4. The van der Waals surface area contributed by atoms with Gasteiger partial charge in [-0.25, -0.2) is 0 Å². The summed E-state index contributed by atoms with van der Waals surface area (Å²) >= 11 is 0. The third-order valence-corrected chi connectivity index (χ3v) is 2.28. The average Bonchev–Trinajstić information content (AvgIpc) is 2.20. The minimum atomic E-state index is -4.58. The Kier molecular flexibility index (Phi) is 5.72. The molecule has 1 aromatic rings. The van der Waals surface area contributed by atoms with Gasteiger partial charge in [0, 0.05) is 6.42 Å². The van der Waals surface area contributed by atoms with Gasteiger partial charge in [0.1, 0.15) is 6.04 Å². The van der Waals surface area contributed by atoms with E-state index in [4.69, 9.17) is 15.9 Å². The fourth-order valence-electron chi connectivity index (χ4n) is 1.26. The Balaban J connectivity index is 0.00000289. The highest BCUT2D eigenvalue weighted by Gasteiger charge is 2.38. The van der Waals surface area contributed by atoms with Gasteiger partial charge < -0.3 is 21.1 Å². The van der Waals surface area contributed by atoms with Gasteiger partial charge in [-0.3, -0.25) is 0 Å².